The zero-order chi connectivity index (χ0) is 15.6. The first-order chi connectivity index (χ1) is 9.83. The highest BCUT2D eigenvalue weighted by Gasteiger charge is 2.20. The first-order valence-corrected chi connectivity index (χ1v) is 7.92. The molecule has 21 heavy (non-hydrogen) atoms. The molecule has 2 rings (SSSR count). The maximum Gasteiger partial charge on any atom is 0.263 e. The van der Waals surface area contributed by atoms with Gasteiger partial charge in [-0.1, -0.05) is 0 Å². The Morgan fingerprint density at radius 2 is 1.86 bits per heavy atom. The molecule has 0 fully saturated rings. The Hall–Kier alpha value is -1.67. The Balaban J connectivity index is 2.42. The standard InChI is InChI=1S/C13H10BrF2NO3S/c1-20-9-3-4-11(16)12(7-9)17-21(18,19)13-5-2-8(15)6-10(13)14/h2-7,17H,1H3. The summed E-state index contributed by atoms with van der Waals surface area (Å²) in [6, 6.07) is 6.75. The molecule has 0 aromatic heterocycles. The van der Waals surface area contributed by atoms with Crippen LogP contribution < -0.4 is 9.46 Å². The van der Waals surface area contributed by atoms with Gasteiger partial charge in [-0.05, 0) is 46.3 Å². The van der Waals surface area contributed by atoms with Gasteiger partial charge in [0.2, 0.25) is 0 Å². The molecule has 0 bridgehead atoms. The molecular weight excluding hydrogens is 368 g/mol. The van der Waals surface area contributed by atoms with Crippen LogP contribution in [0.4, 0.5) is 14.5 Å². The van der Waals surface area contributed by atoms with E-state index in [9.17, 15) is 17.2 Å². The van der Waals surface area contributed by atoms with Crippen molar-refractivity contribution in [1.29, 1.82) is 0 Å². The predicted octanol–water partition coefficient (Wildman–Crippen LogP) is 3.54. The van der Waals surface area contributed by atoms with Gasteiger partial charge >= 0.3 is 0 Å². The van der Waals surface area contributed by atoms with E-state index in [0.717, 1.165) is 24.3 Å². The summed E-state index contributed by atoms with van der Waals surface area (Å²) in [5, 5.41) is 0. The van der Waals surface area contributed by atoms with Crippen LogP contribution in [0.2, 0.25) is 0 Å². The minimum Gasteiger partial charge on any atom is -0.497 e. The average Bonchev–Trinajstić information content (AvgIpc) is 2.40. The van der Waals surface area contributed by atoms with Crippen molar-refractivity contribution in [2.75, 3.05) is 11.8 Å². The topological polar surface area (TPSA) is 55.4 Å². The Morgan fingerprint density at radius 1 is 1.14 bits per heavy atom. The lowest BCUT2D eigenvalue weighted by Gasteiger charge is -2.11. The van der Waals surface area contributed by atoms with E-state index in [1.165, 1.54) is 19.2 Å². The highest BCUT2D eigenvalue weighted by molar-refractivity contribution is 9.10. The first-order valence-electron chi connectivity index (χ1n) is 5.65. The summed E-state index contributed by atoms with van der Waals surface area (Å²) in [6.45, 7) is 0. The maximum atomic E-state index is 13.7. The summed E-state index contributed by atoms with van der Waals surface area (Å²) in [5.41, 5.74) is -0.259. The second-order valence-corrected chi connectivity index (χ2v) is 6.53. The van der Waals surface area contributed by atoms with Crippen LogP contribution in [0.25, 0.3) is 0 Å². The van der Waals surface area contributed by atoms with Gasteiger partial charge < -0.3 is 4.74 Å². The van der Waals surface area contributed by atoms with Gasteiger partial charge in [-0.15, -0.1) is 0 Å². The van der Waals surface area contributed by atoms with Gasteiger partial charge in [-0.2, -0.15) is 0 Å². The van der Waals surface area contributed by atoms with Crippen LogP contribution in [0.15, 0.2) is 45.8 Å². The smallest absolute Gasteiger partial charge is 0.263 e. The molecule has 1 N–H and O–H groups in total. The molecule has 0 saturated heterocycles. The molecule has 0 aliphatic carbocycles. The summed E-state index contributed by atoms with van der Waals surface area (Å²) >= 11 is 2.97. The summed E-state index contributed by atoms with van der Waals surface area (Å²) in [5.74, 6) is -1.04. The summed E-state index contributed by atoms with van der Waals surface area (Å²) in [6.07, 6.45) is 0. The third kappa shape index (κ3) is 3.51. The highest BCUT2D eigenvalue weighted by Crippen LogP contribution is 2.27. The van der Waals surface area contributed by atoms with Gasteiger partial charge in [0.25, 0.3) is 10.0 Å². The number of benzene rings is 2. The molecular formula is C13H10BrF2NO3S. The fourth-order valence-electron chi connectivity index (χ4n) is 1.60. The van der Waals surface area contributed by atoms with Crippen molar-refractivity contribution in [1.82, 2.24) is 0 Å². The number of hydrogen-bond acceptors (Lipinski definition) is 3. The lowest BCUT2D eigenvalue weighted by Crippen LogP contribution is -2.14. The van der Waals surface area contributed by atoms with Crippen LogP contribution in [0.1, 0.15) is 0 Å². The summed E-state index contributed by atoms with van der Waals surface area (Å²) in [7, 11) is -2.69. The SMILES string of the molecule is COc1ccc(F)c(NS(=O)(=O)c2ccc(F)cc2Br)c1. The average molecular weight is 378 g/mol. The van der Waals surface area contributed by atoms with Crippen LogP contribution in [-0.4, -0.2) is 15.5 Å². The molecule has 0 atom stereocenters. The largest absolute Gasteiger partial charge is 0.497 e. The minimum absolute atomic E-state index is 0.0401. The number of sulfonamides is 1. The van der Waals surface area contributed by atoms with Crippen LogP contribution in [0.5, 0.6) is 5.75 Å². The molecule has 8 heteroatoms. The van der Waals surface area contributed by atoms with E-state index < -0.39 is 21.7 Å². The minimum atomic E-state index is -4.07. The number of methoxy groups -OCH3 is 1. The zero-order valence-corrected chi connectivity index (χ0v) is 13.1. The first kappa shape index (κ1) is 15.7. The van der Waals surface area contributed by atoms with Gasteiger partial charge in [-0.3, -0.25) is 4.72 Å². The van der Waals surface area contributed by atoms with Crippen molar-refractivity contribution >= 4 is 31.6 Å². The highest BCUT2D eigenvalue weighted by atomic mass is 79.9. The van der Waals surface area contributed by atoms with E-state index in [1.807, 2.05) is 0 Å². The Kier molecular flexibility index (Phi) is 4.48. The second kappa shape index (κ2) is 5.98. The second-order valence-electron chi connectivity index (χ2n) is 4.03. The molecule has 2 aromatic rings. The van der Waals surface area contributed by atoms with Crippen molar-refractivity contribution in [3.8, 4) is 5.75 Å². The lowest BCUT2D eigenvalue weighted by atomic mass is 10.3. The molecule has 0 amide bonds. The van der Waals surface area contributed by atoms with Gasteiger partial charge in [-0.25, -0.2) is 17.2 Å². The molecule has 0 aliphatic rings. The Bertz CT molecular complexity index is 781. The van der Waals surface area contributed by atoms with Gasteiger partial charge in [0, 0.05) is 10.5 Å². The molecule has 0 heterocycles. The molecule has 4 nitrogen and oxygen atoms in total. The van der Waals surface area contributed by atoms with Crippen molar-refractivity contribution in [2.45, 2.75) is 4.90 Å². The van der Waals surface area contributed by atoms with Crippen molar-refractivity contribution in [3.05, 3.63) is 52.5 Å². The number of ether oxygens (including phenoxy) is 1. The van der Waals surface area contributed by atoms with E-state index in [0.29, 0.717) is 5.75 Å². The Morgan fingerprint density at radius 3 is 2.48 bits per heavy atom. The molecule has 0 saturated carbocycles. The van der Waals surface area contributed by atoms with Crippen molar-refractivity contribution < 1.29 is 21.9 Å². The third-order valence-corrected chi connectivity index (χ3v) is 4.94. The number of anilines is 1. The molecule has 2 aromatic carbocycles. The quantitative estimate of drug-likeness (QED) is 0.886. The van der Waals surface area contributed by atoms with Crippen LogP contribution in [0, 0.1) is 11.6 Å². The Labute approximate surface area is 128 Å². The fraction of sp³-hybridized carbons (Fsp3) is 0.0769. The van der Waals surface area contributed by atoms with E-state index >= 15 is 0 Å². The van der Waals surface area contributed by atoms with E-state index in [4.69, 9.17) is 4.74 Å². The monoisotopic (exact) mass is 377 g/mol. The molecule has 0 spiro atoms. The van der Waals surface area contributed by atoms with Crippen LogP contribution >= 0.6 is 15.9 Å². The van der Waals surface area contributed by atoms with Gasteiger partial charge in [0.15, 0.2) is 0 Å². The maximum absolute atomic E-state index is 13.7. The fourth-order valence-corrected chi connectivity index (χ4v) is 3.71. The van der Waals surface area contributed by atoms with Gasteiger partial charge in [0.1, 0.15) is 22.3 Å². The molecule has 0 aliphatic heterocycles. The lowest BCUT2D eigenvalue weighted by molar-refractivity contribution is 0.414. The third-order valence-electron chi connectivity index (χ3n) is 2.60. The normalized spacial score (nSPS) is 11.2. The van der Waals surface area contributed by atoms with Crippen molar-refractivity contribution in [2.24, 2.45) is 0 Å². The zero-order valence-electron chi connectivity index (χ0n) is 10.7. The molecule has 0 radical (unpaired) electrons. The van der Waals surface area contributed by atoms with Crippen LogP contribution in [-0.2, 0) is 10.0 Å². The molecule has 0 unspecified atom stereocenters. The predicted molar refractivity (Wildman–Crippen MR) is 77.9 cm³/mol. The number of nitrogens with one attached hydrogen (secondary N) is 1. The summed E-state index contributed by atoms with van der Waals surface area (Å²) in [4.78, 5) is -0.203. The van der Waals surface area contributed by atoms with E-state index in [1.54, 1.807) is 0 Å². The molecule has 112 valence electrons. The van der Waals surface area contributed by atoms with Gasteiger partial charge in [0.05, 0.1) is 12.8 Å². The number of halogens is 3. The van der Waals surface area contributed by atoms with Crippen LogP contribution in [0.3, 0.4) is 0 Å². The van der Waals surface area contributed by atoms with E-state index in [-0.39, 0.29) is 15.1 Å². The van der Waals surface area contributed by atoms with E-state index in [2.05, 4.69) is 20.7 Å². The van der Waals surface area contributed by atoms with Crippen molar-refractivity contribution in [3.63, 3.8) is 0 Å². The summed E-state index contributed by atoms with van der Waals surface area (Å²) < 4.78 is 58.1. The number of rotatable bonds is 4. The number of hydrogen-bond donors (Lipinski definition) is 1.